The van der Waals surface area contributed by atoms with Gasteiger partial charge >= 0.3 is 0 Å². The molecule has 0 atom stereocenters. The highest BCUT2D eigenvalue weighted by Crippen LogP contribution is 2.26. The van der Waals surface area contributed by atoms with Gasteiger partial charge in [0.15, 0.2) is 0 Å². The van der Waals surface area contributed by atoms with Gasteiger partial charge in [0.05, 0.1) is 0 Å². The molecule has 94 valence electrons. The van der Waals surface area contributed by atoms with Crippen LogP contribution in [-0.2, 0) is 6.54 Å². The zero-order valence-corrected chi connectivity index (χ0v) is 10.9. The molecular weight excluding hydrogens is 234 g/mol. The molecule has 3 heteroatoms. The van der Waals surface area contributed by atoms with Gasteiger partial charge in [-0.2, -0.15) is 0 Å². The molecule has 2 rings (SSSR count). The van der Waals surface area contributed by atoms with Crippen molar-refractivity contribution in [2.24, 2.45) is 0 Å². The third-order valence-corrected chi connectivity index (χ3v) is 3.70. The molecule has 17 heavy (non-hydrogen) atoms. The lowest BCUT2D eigenvalue weighted by Crippen LogP contribution is -2.40. The molecule has 1 fully saturated rings. The Balaban J connectivity index is 1.95. The van der Waals surface area contributed by atoms with Crippen molar-refractivity contribution in [2.75, 3.05) is 13.2 Å². The monoisotopic (exact) mass is 253 g/mol. The maximum Gasteiger partial charge on any atom is 0.0443 e. The van der Waals surface area contributed by atoms with Crippen LogP contribution in [0.2, 0.25) is 5.02 Å². The van der Waals surface area contributed by atoms with Gasteiger partial charge in [-0.25, -0.2) is 0 Å². The number of nitrogens with zero attached hydrogens (tertiary/aromatic N) is 1. The first-order chi connectivity index (χ1) is 8.29. The summed E-state index contributed by atoms with van der Waals surface area (Å²) >= 11 is 6.00. The minimum atomic E-state index is 0.277. The van der Waals surface area contributed by atoms with Gasteiger partial charge in [0.25, 0.3) is 0 Å². The average molecular weight is 254 g/mol. The van der Waals surface area contributed by atoms with Crippen LogP contribution in [0.1, 0.15) is 31.2 Å². The molecule has 0 aliphatic heterocycles. The molecule has 2 nitrogen and oxygen atoms in total. The number of aliphatic hydroxyl groups is 1. The molecule has 1 saturated carbocycles. The number of hydrogen-bond acceptors (Lipinski definition) is 2. The van der Waals surface area contributed by atoms with Crippen molar-refractivity contribution in [2.45, 2.75) is 38.3 Å². The number of benzene rings is 1. The second kappa shape index (κ2) is 6.39. The van der Waals surface area contributed by atoms with Crippen LogP contribution in [0.3, 0.4) is 0 Å². The maximum atomic E-state index is 8.95. The summed E-state index contributed by atoms with van der Waals surface area (Å²) in [7, 11) is 0. The van der Waals surface area contributed by atoms with Gasteiger partial charge in [0.1, 0.15) is 0 Å². The number of aliphatic hydroxyl groups excluding tert-OH is 1. The summed E-state index contributed by atoms with van der Waals surface area (Å²) in [6.45, 7) is 2.21. The fourth-order valence-electron chi connectivity index (χ4n) is 2.29. The van der Waals surface area contributed by atoms with E-state index in [2.05, 4.69) is 11.0 Å². The first-order valence-electron chi connectivity index (χ1n) is 6.39. The molecule has 0 heterocycles. The molecule has 0 unspecified atom stereocenters. The lowest BCUT2D eigenvalue weighted by atomic mass is 9.91. The fourth-order valence-corrected chi connectivity index (χ4v) is 2.50. The van der Waals surface area contributed by atoms with Crippen molar-refractivity contribution in [1.82, 2.24) is 4.90 Å². The van der Waals surface area contributed by atoms with Crippen molar-refractivity contribution in [3.05, 3.63) is 34.9 Å². The SMILES string of the molecule is OCCCN(Cc1cccc(Cl)c1)C1CCC1. The summed E-state index contributed by atoms with van der Waals surface area (Å²) in [5, 5.41) is 9.75. The van der Waals surface area contributed by atoms with Gasteiger partial charge in [0, 0.05) is 30.8 Å². The third kappa shape index (κ3) is 3.70. The smallest absolute Gasteiger partial charge is 0.0443 e. The van der Waals surface area contributed by atoms with Crippen molar-refractivity contribution in [3.63, 3.8) is 0 Å². The lowest BCUT2D eigenvalue weighted by Gasteiger charge is -2.37. The van der Waals surface area contributed by atoms with Crippen LogP contribution in [0.4, 0.5) is 0 Å². The van der Waals surface area contributed by atoms with E-state index in [0.717, 1.165) is 24.5 Å². The van der Waals surface area contributed by atoms with E-state index < -0.39 is 0 Å². The largest absolute Gasteiger partial charge is 0.396 e. The Morgan fingerprint density at radius 2 is 2.18 bits per heavy atom. The average Bonchev–Trinajstić information content (AvgIpc) is 2.23. The Labute approximate surface area is 108 Å². The van der Waals surface area contributed by atoms with Gasteiger partial charge in [-0.1, -0.05) is 30.2 Å². The number of rotatable bonds is 6. The molecule has 1 aromatic rings. The van der Waals surface area contributed by atoms with Crippen LogP contribution in [0, 0.1) is 0 Å². The molecule has 1 aliphatic carbocycles. The minimum absolute atomic E-state index is 0.277. The number of hydrogen-bond donors (Lipinski definition) is 1. The Bertz CT molecular complexity index is 352. The van der Waals surface area contributed by atoms with Crippen LogP contribution < -0.4 is 0 Å². The van der Waals surface area contributed by atoms with Crippen molar-refractivity contribution in [1.29, 1.82) is 0 Å². The Kier molecular flexibility index (Phi) is 4.84. The van der Waals surface area contributed by atoms with E-state index >= 15 is 0 Å². The van der Waals surface area contributed by atoms with Gasteiger partial charge in [-0.15, -0.1) is 0 Å². The Morgan fingerprint density at radius 1 is 1.35 bits per heavy atom. The molecule has 0 spiro atoms. The molecule has 0 bridgehead atoms. The maximum absolute atomic E-state index is 8.95. The summed E-state index contributed by atoms with van der Waals surface area (Å²) in [6.07, 6.45) is 4.80. The van der Waals surface area contributed by atoms with Crippen molar-refractivity contribution < 1.29 is 5.11 Å². The van der Waals surface area contributed by atoms with E-state index in [-0.39, 0.29) is 6.61 Å². The summed E-state index contributed by atoms with van der Waals surface area (Å²) in [5.41, 5.74) is 1.27. The second-order valence-corrected chi connectivity index (χ2v) is 5.20. The number of halogens is 1. The summed E-state index contributed by atoms with van der Waals surface area (Å²) < 4.78 is 0. The first-order valence-corrected chi connectivity index (χ1v) is 6.77. The predicted molar refractivity (Wildman–Crippen MR) is 71.2 cm³/mol. The van der Waals surface area contributed by atoms with E-state index in [1.807, 2.05) is 18.2 Å². The van der Waals surface area contributed by atoms with Crippen molar-refractivity contribution in [3.8, 4) is 0 Å². The fraction of sp³-hybridized carbons (Fsp3) is 0.571. The van der Waals surface area contributed by atoms with E-state index in [1.165, 1.54) is 24.8 Å². The Hall–Kier alpha value is -0.570. The highest BCUT2D eigenvalue weighted by molar-refractivity contribution is 6.30. The lowest BCUT2D eigenvalue weighted by molar-refractivity contribution is 0.109. The van der Waals surface area contributed by atoms with E-state index in [9.17, 15) is 0 Å². The standard InChI is InChI=1S/C14H20ClNO/c15-13-5-1-4-12(10-13)11-16(8-3-9-17)14-6-2-7-14/h1,4-5,10,14,17H,2-3,6-9,11H2. The molecule has 1 N–H and O–H groups in total. The first kappa shape index (κ1) is 12.9. The minimum Gasteiger partial charge on any atom is -0.396 e. The van der Waals surface area contributed by atoms with Gasteiger partial charge in [0.2, 0.25) is 0 Å². The molecular formula is C14H20ClNO. The van der Waals surface area contributed by atoms with Crippen LogP contribution in [0.5, 0.6) is 0 Å². The highest BCUT2D eigenvalue weighted by atomic mass is 35.5. The van der Waals surface area contributed by atoms with E-state index in [0.29, 0.717) is 6.04 Å². The quantitative estimate of drug-likeness (QED) is 0.842. The van der Waals surface area contributed by atoms with Gasteiger partial charge < -0.3 is 5.11 Å². The predicted octanol–water partition coefficient (Wildman–Crippen LogP) is 3.08. The molecule has 0 amide bonds. The molecule has 1 aromatic carbocycles. The van der Waals surface area contributed by atoms with Crippen LogP contribution >= 0.6 is 11.6 Å². The third-order valence-electron chi connectivity index (χ3n) is 3.47. The van der Waals surface area contributed by atoms with Gasteiger partial charge in [-0.3, -0.25) is 4.90 Å². The zero-order valence-electron chi connectivity index (χ0n) is 10.1. The molecule has 0 saturated heterocycles. The van der Waals surface area contributed by atoms with Crippen molar-refractivity contribution >= 4 is 11.6 Å². The normalized spacial score (nSPS) is 16.2. The highest BCUT2D eigenvalue weighted by Gasteiger charge is 2.24. The van der Waals surface area contributed by atoms with Crippen LogP contribution in [0.15, 0.2) is 24.3 Å². The summed E-state index contributed by atoms with van der Waals surface area (Å²) in [6, 6.07) is 8.78. The second-order valence-electron chi connectivity index (χ2n) is 4.76. The van der Waals surface area contributed by atoms with Crippen LogP contribution in [0.25, 0.3) is 0 Å². The van der Waals surface area contributed by atoms with E-state index in [1.54, 1.807) is 0 Å². The molecule has 1 aliphatic rings. The van der Waals surface area contributed by atoms with E-state index in [4.69, 9.17) is 16.7 Å². The Morgan fingerprint density at radius 3 is 2.76 bits per heavy atom. The molecule has 0 radical (unpaired) electrons. The summed E-state index contributed by atoms with van der Waals surface area (Å²) in [4.78, 5) is 2.48. The van der Waals surface area contributed by atoms with Crippen LogP contribution in [-0.4, -0.2) is 29.2 Å². The zero-order chi connectivity index (χ0) is 12.1. The molecule has 0 aromatic heterocycles. The van der Waals surface area contributed by atoms with Gasteiger partial charge in [-0.05, 0) is 37.0 Å². The topological polar surface area (TPSA) is 23.5 Å². The summed E-state index contributed by atoms with van der Waals surface area (Å²) in [5.74, 6) is 0.